The molecule has 1 N–H and O–H groups in total. The average Bonchev–Trinajstić information content (AvgIpc) is 3.06. The summed E-state index contributed by atoms with van der Waals surface area (Å²) in [6.07, 6.45) is 0. The number of para-hydroxylation sites is 1. The van der Waals surface area contributed by atoms with Crippen molar-refractivity contribution >= 4 is 10.9 Å². The van der Waals surface area contributed by atoms with Gasteiger partial charge in [-0.2, -0.15) is 5.10 Å². The normalized spacial score (nSPS) is 15.9. The third kappa shape index (κ3) is 3.74. The van der Waals surface area contributed by atoms with Crippen LogP contribution in [0.2, 0.25) is 0 Å². The van der Waals surface area contributed by atoms with Gasteiger partial charge in [0.2, 0.25) is 0 Å². The molecule has 2 aromatic carbocycles. The highest BCUT2D eigenvalue weighted by Crippen LogP contribution is 2.14. The topological polar surface area (TPSA) is 35.2 Å². The van der Waals surface area contributed by atoms with Crippen molar-refractivity contribution in [3.63, 3.8) is 0 Å². The van der Waals surface area contributed by atoms with Crippen LogP contribution < -0.4 is 0 Å². The molecule has 2 heterocycles. The SMILES string of the molecule is CN1CCN(Cc2ccc(C#Cc3[nH]nc4ccccc34)cc2)CC1. The molecule has 126 valence electrons. The van der Waals surface area contributed by atoms with Gasteiger partial charge in [0.1, 0.15) is 5.69 Å². The van der Waals surface area contributed by atoms with E-state index in [9.17, 15) is 0 Å². The summed E-state index contributed by atoms with van der Waals surface area (Å²) in [5, 5.41) is 8.37. The number of aromatic amines is 1. The van der Waals surface area contributed by atoms with Crippen LogP contribution >= 0.6 is 0 Å². The van der Waals surface area contributed by atoms with Gasteiger partial charge in [-0.3, -0.25) is 10.00 Å². The van der Waals surface area contributed by atoms with Crippen molar-refractivity contribution in [2.24, 2.45) is 0 Å². The number of hydrogen-bond acceptors (Lipinski definition) is 3. The predicted molar refractivity (Wildman–Crippen MR) is 101 cm³/mol. The summed E-state index contributed by atoms with van der Waals surface area (Å²) < 4.78 is 0. The van der Waals surface area contributed by atoms with Crippen molar-refractivity contribution in [1.82, 2.24) is 20.0 Å². The fourth-order valence-electron chi connectivity index (χ4n) is 3.15. The highest BCUT2D eigenvalue weighted by molar-refractivity contribution is 5.83. The first kappa shape index (κ1) is 15.9. The van der Waals surface area contributed by atoms with Gasteiger partial charge in [0, 0.05) is 43.7 Å². The molecular formula is C21H22N4. The zero-order valence-electron chi connectivity index (χ0n) is 14.5. The fourth-order valence-corrected chi connectivity index (χ4v) is 3.15. The molecule has 1 saturated heterocycles. The van der Waals surface area contributed by atoms with Gasteiger partial charge >= 0.3 is 0 Å². The zero-order valence-corrected chi connectivity index (χ0v) is 14.5. The molecule has 0 saturated carbocycles. The predicted octanol–water partition coefficient (Wildman–Crippen LogP) is 2.71. The molecular weight excluding hydrogens is 308 g/mol. The number of nitrogens with zero attached hydrogens (tertiary/aromatic N) is 3. The van der Waals surface area contributed by atoms with Crippen molar-refractivity contribution in [3.8, 4) is 11.8 Å². The van der Waals surface area contributed by atoms with Crippen molar-refractivity contribution in [1.29, 1.82) is 0 Å². The molecule has 1 aromatic heterocycles. The van der Waals surface area contributed by atoms with E-state index in [-0.39, 0.29) is 0 Å². The van der Waals surface area contributed by atoms with E-state index in [1.165, 1.54) is 5.56 Å². The molecule has 0 spiro atoms. The number of nitrogens with one attached hydrogen (secondary N) is 1. The van der Waals surface area contributed by atoms with E-state index in [0.717, 1.165) is 54.9 Å². The van der Waals surface area contributed by atoms with Gasteiger partial charge in [0.05, 0.1) is 5.52 Å². The van der Waals surface area contributed by atoms with Crippen LogP contribution in [0.4, 0.5) is 0 Å². The molecule has 0 radical (unpaired) electrons. The van der Waals surface area contributed by atoms with Crippen LogP contribution in [0, 0.1) is 11.8 Å². The van der Waals surface area contributed by atoms with Crippen molar-refractivity contribution in [3.05, 3.63) is 65.4 Å². The Morgan fingerprint density at radius 1 is 0.960 bits per heavy atom. The number of hydrogen-bond donors (Lipinski definition) is 1. The lowest BCUT2D eigenvalue weighted by atomic mass is 10.1. The molecule has 4 rings (SSSR count). The highest BCUT2D eigenvalue weighted by Gasteiger charge is 2.13. The maximum absolute atomic E-state index is 4.28. The van der Waals surface area contributed by atoms with Gasteiger partial charge in [-0.1, -0.05) is 30.2 Å². The zero-order chi connectivity index (χ0) is 17.1. The van der Waals surface area contributed by atoms with Crippen LogP contribution in [0.1, 0.15) is 16.8 Å². The van der Waals surface area contributed by atoms with E-state index in [0.29, 0.717) is 0 Å². The van der Waals surface area contributed by atoms with E-state index >= 15 is 0 Å². The van der Waals surface area contributed by atoms with Crippen molar-refractivity contribution in [2.45, 2.75) is 6.54 Å². The minimum absolute atomic E-state index is 0.872. The Kier molecular flexibility index (Phi) is 4.51. The standard InChI is InChI=1S/C21H22N4/c1-24-12-14-25(15-13-24)16-18-8-6-17(7-9-18)10-11-21-19-4-2-3-5-20(19)22-23-21/h2-9H,12-16H2,1H3,(H,22,23). The second-order valence-corrected chi connectivity index (χ2v) is 6.64. The largest absolute Gasteiger partial charge is 0.304 e. The van der Waals surface area contributed by atoms with Gasteiger partial charge in [0.15, 0.2) is 0 Å². The summed E-state index contributed by atoms with van der Waals surface area (Å²) in [6, 6.07) is 16.6. The molecule has 0 amide bonds. The lowest BCUT2D eigenvalue weighted by Gasteiger charge is -2.32. The molecule has 3 aromatic rings. The number of rotatable bonds is 2. The number of benzene rings is 2. The maximum Gasteiger partial charge on any atom is 0.116 e. The first-order valence-corrected chi connectivity index (χ1v) is 8.73. The van der Waals surface area contributed by atoms with Crippen LogP contribution in [0.25, 0.3) is 10.9 Å². The number of piperazine rings is 1. The fraction of sp³-hybridized carbons (Fsp3) is 0.286. The Balaban J connectivity index is 1.44. The van der Waals surface area contributed by atoms with E-state index in [4.69, 9.17) is 0 Å². The van der Waals surface area contributed by atoms with Crippen LogP contribution in [0.5, 0.6) is 0 Å². The summed E-state index contributed by atoms with van der Waals surface area (Å²) in [5.74, 6) is 6.44. The van der Waals surface area contributed by atoms with Crippen LogP contribution in [0.3, 0.4) is 0 Å². The van der Waals surface area contributed by atoms with E-state index in [1.54, 1.807) is 0 Å². The minimum atomic E-state index is 0.872. The Hall–Kier alpha value is -2.61. The Bertz CT molecular complexity index is 906. The molecule has 1 fully saturated rings. The molecule has 0 aliphatic carbocycles. The summed E-state index contributed by atoms with van der Waals surface area (Å²) >= 11 is 0. The number of aromatic nitrogens is 2. The first-order chi connectivity index (χ1) is 12.3. The van der Waals surface area contributed by atoms with E-state index in [1.807, 2.05) is 24.3 Å². The lowest BCUT2D eigenvalue weighted by molar-refractivity contribution is 0.148. The van der Waals surface area contributed by atoms with Crippen LogP contribution in [0.15, 0.2) is 48.5 Å². The smallest absolute Gasteiger partial charge is 0.116 e. The Morgan fingerprint density at radius 3 is 2.52 bits per heavy atom. The molecule has 1 aliphatic heterocycles. The monoisotopic (exact) mass is 330 g/mol. The molecule has 25 heavy (non-hydrogen) atoms. The average molecular weight is 330 g/mol. The summed E-state index contributed by atoms with van der Waals surface area (Å²) in [5.41, 5.74) is 4.20. The summed E-state index contributed by atoms with van der Waals surface area (Å²) in [4.78, 5) is 4.89. The minimum Gasteiger partial charge on any atom is -0.304 e. The lowest BCUT2D eigenvalue weighted by Crippen LogP contribution is -2.43. The molecule has 0 atom stereocenters. The third-order valence-corrected chi connectivity index (χ3v) is 4.75. The number of H-pyrrole nitrogens is 1. The van der Waals surface area contributed by atoms with Gasteiger partial charge < -0.3 is 4.90 Å². The van der Waals surface area contributed by atoms with E-state index in [2.05, 4.69) is 63.2 Å². The summed E-state index contributed by atoms with van der Waals surface area (Å²) in [6.45, 7) is 5.62. The van der Waals surface area contributed by atoms with Crippen molar-refractivity contribution < 1.29 is 0 Å². The highest BCUT2D eigenvalue weighted by atomic mass is 15.2. The molecule has 4 nitrogen and oxygen atoms in total. The second kappa shape index (κ2) is 7.10. The van der Waals surface area contributed by atoms with Crippen LogP contribution in [-0.4, -0.2) is 53.2 Å². The van der Waals surface area contributed by atoms with Gasteiger partial charge in [-0.05, 0) is 42.8 Å². The molecule has 0 bridgehead atoms. The van der Waals surface area contributed by atoms with Gasteiger partial charge in [-0.25, -0.2) is 0 Å². The Labute approximate surface area is 148 Å². The summed E-state index contributed by atoms with van der Waals surface area (Å²) in [7, 11) is 2.19. The van der Waals surface area contributed by atoms with E-state index < -0.39 is 0 Å². The Morgan fingerprint density at radius 2 is 1.72 bits per heavy atom. The molecule has 4 heteroatoms. The van der Waals surface area contributed by atoms with Gasteiger partial charge in [-0.15, -0.1) is 0 Å². The van der Waals surface area contributed by atoms with Crippen molar-refractivity contribution in [2.75, 3.05) is 33.2 Å². The number of fused-ring (bicyclic) bond motifs is 1. The molecule has 1 aliphatic rings. The quantitative estimate of drug-likeness (QED) is 0.734. The first-order valence-electron chi connectivity index (χ1n) is 8.73. The number of likely N-dealkylation sites (N-methyl/N-ethyl adjacent to an activating group) is 1. The molecule has 0 unspecified atom stereocenters. The maximum atomic E-state index is 4.28. The third-order valence-electron chi connectivity index (χ3n) is 4.75. The second-order valence-electron chi connectivity index (χ2n) is 6.64. The van der Waals surface area contributed by atoms with Crippen LogP contribution in [-0.2, 0) is 6.54 Å². The van der Waals surface area contributed by atoms with Gasteiger partial charge in [0.25, 0.3) is 0 Å².